The molecule has 1 aromatic carbocycles. The van der Waals surface area contributed by atoms with Crippen LogP contribution in [0.5, 0.6) is 0 Å². The van der Waals surface area contributed by atoms with E-state index in [1.807, 2.05) is 0 Å². The molecule has 112 valence electrons. The fraction of sp³-hybridized carbons (Fsp3) is 0.500. The molecule has 5 N–H and O–H groups in total. The van der Waals surface area contributed by atoms with Crippen LogP contribution in [0.1, 0.15) is 23.2 Å². The molecule has 0 bridgehead atoms. The Balaban J connectivity index is 2.17. The summed E-state index contributed by atoms with van der Waals surface area (Å²) < 4.78 is 10.2. The number of hydrogen-bond acceptors (Lipinski definition) is 5. The lowest BCUT2D eigenvalue weighted by Gasteiger charge is -2.08. The first kappa shape index (κ1) is 16.3. The van der Waals surface area contributed by atoms with Crippen LogP contribution in [0.15, 0.2) is 18.2 Å². The standard InChI is InChI=1S/C14H23N3O3/c1-19-8-9-20-7-3-2-6-17-14(18)12-5-4-11(15)10-13(12)16/h4-5,10H,2-3,6-9,15-16H2,1H3,(H,17,18). The number of amides is 1. The van der Waals surface area contributed by atoms with E-state index in [1.165, 1.54) is 0 Å². The van der Waals surface area contributed by atoms with E-state index < -0.39 is 0 Å². The van der Waals surface area contributed by atoms with Gasteiger partial charge >= 0.3 is 0 Å². The minimum atomic E-state index is -0.178. The Hall–Kier alpha value is -1.79. The van der Waals surface area contributed by atoms with E-state index in [-0.39, 0.29) is 5.91 Å². The first-order valence-corrected chi connectivity index (χ1v) is 6.65. The number of carbonyl (C=O) groups excluding carboxylic acids is 1. The van der Waals surface area contributed by atoms with Gasteiger partial charge in [0, 0.05) is 31.6 Å². The molecular formula is C14H23N3O3. The Kier molecular flexibility index (Phi) is 7.46. The predicted molar refractivity (Wildman–Crippen MR) is 79.5 cm³/mol. The topological polar surface area (TPSA) is 99.6 Å². The highest BCUT2D eigenvalue weighted by Crippen LogP contribution is 2.15. The first-order valence-electron chi connectivity index (χ1n) is 6.65. The number of nitrogens with two attached hydrogens (primary N) is 2. The van der Waals surface area contributed by atoms with Crippen LogP contribution in [0.4, 0.5) is 11.4 Å². The minimum Gasteiger partial charge on any atom is -0.399 e. The fourth-order valence-corrected chi connectivity index (χ4v) is 1.66. The van der Waals surface area contributed by atoms with Gasteiger partial charge in [-0.25, -0.2) is 0 Å². The van der Waals surface area contributed by atoms with E-state index in [2.05, 4.69) is 5.32 Å². The highest BCUT2D eigenvalue weighted by atomic mass is 16.5. The molecule has 0 aliphatic rings. The molecule has 0 aliphatic heterocycles. The Morgan fingerprint density at radius 3 is 2.70 bits per heavy atom. The summed E-state index contributed by atoms with van der Waals surface area (Å²) in [6, 6.07) is 4.88. The third-order valence-electron chi connectivity index (χ3n) is 2.75. The average Bonchev–Trinajstić information content (AvgIpc) is 2.41. The number of hydrogen-bond donors (Lipinski definition) is 3. The van der Waals surface area contributed by atoms with Crippen molar-refractivity contribution in [2.24, 2.45) is 0 Å². The van der Waals surface area contributed by atoms with E-state index >= 15 is 0 Å². The molecule has 0 heterocycles. The van der Waals surface area contributed by atoms with Crippen LogP contribution in [0.25, 0.3) is 0 Å². The maximum atomic E-state index is 11.9. The molecule has 1 amide bonds. The number of carbonyl (C=O) groups is 1. The Morgan fingerprint density at radius 1 is 1.20 bits per heavy atom. The highest BCUT2D eigenvalue weighted by Gasteiger charge is 2.08. The van der Waals surface area contributed by atoms with Crippen molar-refractivity contribution in [3.05, 3.63) is 23.8 Å². The molecule has 0 unspecified atom stereocenters. The number of anilines is 2. The van der Waals surface area contributed by atoms with Crippen LogP contribution in [0.2, 0.25) is 0 Å². The summed E-state index contributed by atoms with van der Waals surface area (Å²) in [5.74, 6) is -0.178. The van der Waals surface area contributed by atoms with Gasteiger partial charge in [0.05, 0.1) is 18.8 Å². The first-order chi connectivity index (χ1) is 9.65. The molecule has 0 aromatic heterocycles. The lowest BCUT2D eigenvalue weighted by atomic mass is 10.1. The molecule has 1 rings (SSSR count). The lowest BCUT2D eigenvalue weighted by Crippen LogP contribution is -2.25. The van der Waals surface area contributed by atoms with E-state index in [9.17, 15) is 4.79 Å². The van der Waals surface area contributed by atoms with Gasteiger partial charge in [-0.2, -0.15) is 0 Å². The molecule has 0 aliphatic carbocycles. The van der Waals surface area contributed by atoms with Gasteiger partial charge in [0.1, 0.15) is 0 Å². The maximum absolute atomic E-state index is 11.9. The van der Waals surface area contributed by atoms with Gasteiger partial charge in [-0.05, 0) is 31.0 Å². The quantitative estimate of drug-likeness (QED) is 0.463. The molecule has 0 fully saturated rings. The molecule has 0 saturated heterocycles. The molecule has 6 heteroatoms. The van der Waals surface area contributed by atoms with Gasteiger partial charge in [-0.15, -0.1) is 0 Å². The Morgan fingerprint density at radius 2 is 2.00 bits per heavy atom. The van der Waals surface area contributed by atoms with Crippen LogP contribution < -0.4 is 16.8 Å². The summed E-state index contributed by atoms with van der Waals surface area (Å²) >= 11 is 0. The number of nitrogen functional groups attached to an aromatic ring is 2. The predicted octanol–water partition coefficient (Wildman–Crippen LogP) is 1.02. The van der Waals surface area contributed by atoms with Gasteiger partial charge in [0.2, 0.25) is 0 Å². The smallest absolute Gasteiger partial charge is 0.253 e. The third-order valence-corrected chi connectivity index (χ3v) is 2.75. The van der Waals surface area contributed by atoms with Crippen molar-refractivity contribution in [2.75, 3.05) is 44.9 Å². The van der Waals surface area contributed by atoms with E-state index in [4.69, 9.17) is 20.9 Å². The monoisotopic (exact) mass is 281 g/mol. The summed E-state index contributed by atoms with van der Waals surface area (Å²) in [6.45, 7) is 2.47. The Bertz CT molecular complexity index is 424. The number of benzene rings is 1. The number of nitrogens with one attached hydrogen (secondary N) is 1. The number of methoxy groups -OCH3 is 1. The second kappa shape index (κ2) is 9.17. The molecular weight excluding hydrogens is 258 g/mol. The average molecular weight is 281 g/mol. The molecule has 20 heavy (non-hydrogen) atoms. The highest BCUT2D eigenvalue weighted by molar-refractivity contribution is 5.99. The second-order valence-electron chi connectivity index (χ2n) is 4.41. The van der Waals surface area contributed by atoms with Gasteiger partial charge in [-0.3, -0.25) is 4.79 Å². The van der Waals surface area contributed by atoms with Gasteiger partial charge in [0.25, 0.3) is 5.91 Å². The zero-order chi connectivity index (χ0) is 14.8. The molecule has 6 nitrogen and oxygen atoms in total. The summed E-state index contributed by atoms with van der Waals surface area (Å²) in [5, 5.41) is 2.82. The van der Waals surface area contributed by atoms with E-state index in [0.29, 0.717) is 43.3 Å². The van der Waals surface area contributed by atoms with Crippen LogP contribution in [-0.2, 0) is 9.47 Å². The number of unbranched alkanes of at least 4 members (excludes halogenated alkanes) is 1. The van der Waals surface area contributed by atoms with Crippen molar-refractivity contribution in [1.29, 1.82) is 0 Å². The van der Waals surface area contributed by atoms with Crippen molar-refractivity contribution >= 4 is 17.3 Å². The van der Waals surface area contributed by atoms with Gasteiger partial charge in [0.15, 0.2) is 0 Å². The molecule has 1 aromatic rings. The molecule has 0 atom stereocenters. The van der Waals surface area contributed by atoms with Crippen LogP contribution >= 0.6 is 0 Å². The van der Waals surface area contributed by atoms with Crippen LogP contribution in [0, 0.1) is 0 Å². The van der Waals surface area contributed by atoms with Gasteiger partial charge in [-0.1, -0.05) is 0 Å². The normalized spacial score (nSPS) is 10.4. The van der Waals surface area contributed by atoms with Crippen LogP contribution in [0.3, 0.4) is 0 Å². The molecule has 0 saturated carbocycles. The fourth-order valence-electron chi connectivity index (χ4n) is 1.66. The SMILES string of the molecule is COCCOCCCCNC(=O)c1ccc(N)cc1N. The van der Waals surface area contributed by atoms with Crippen molar-refractivity contribution in [2.45, 2.75) is 12.8 Å². The minimum absolute atomic E-state index is 0.178. The number of rotatable bonds is 9. The van der Waals surface area contributed by atoms with Crippen molar-refractivity contribution < 1.29 is 14.3 Å². The third kappa shape index (κ3) is 5.90. The largest absolute Gasteiger partial charge is 0.399 e. The van der Waals surface area contributed by atoms with Crippen LogP contribution in [-0.4, -0.2) is 39.4 Å². The molecule has 0 spiro atoms. The summed E-state index contributed by atoms with van der Waals surface area (Å²) in [4.78, 5) is 11.9. The van der Waals surface area contributed by atoms with Crippen molar-refractivity contribution in [1.82, 2.24) is 5.32 Å². The summed E-state index contributed by atoms with van der Waals surface area (Å²) in [5.41, 5.74) is 12.7. The zero-order valence-corrected chi connectivity index (χ0v) is 11.9. The van der Waals surface area contributed by atoms with Crippen molar-refractivity contribution in [3.8, 4) is 0 Å². The zero-order valence-electron chi connectivity index (χ0n) is 11.9. The summed E-state index contributed by atoms with van der Waals surface area (Å²) in [6.07, 6.45) is 1.74. The van der Waals surface area contributed by atoms with Crippen molar-refractivity contribution in [3.63, 3.8) is 0 Å². The number of ether oxygens (including phenoxy) is 2. The molecule has 0 radical (unpaired) electrons. The maximum Gasteiger partial charge on any atom is 0.253 e. The Labute approximate surface area is 119 Å². The second-order valence-corrected chi connectivity index (χ2v) is 4.41. The van der Waals surface area contributed by atoms with E-state index in [0.717, 1.165) is 12.8 Å². The van der Waals surface area contributed by atoms with E-state index in [1.54, 1.807) is 25.3 Å². The summed E-state index contributed by atoms with van der Waals surface area (Å²) in [7, 11) is 1.64. The lowest BCUT2D eigenvalue weighted by molar-refractivity contribution is 0.0686. The van der Waals surface area contributed by atoms with Gasteiger partial charge < -0.3 is 26.3 Å².